The second-order valence-corrected chi connectivity index (χ2v) is 6.90. The number of halogens is 1. The van der Waals surface area contributed by atoms with E-state index in [2.05, 4.69) is 41.2 Å². The number of nitrogens with one attached hydrogen (secondary N) is 2. The Morgan fingerprint density at radius 2 is 1.89 bits per heavy atom. The van der Waals surface area contributed by atoms with Crippen LogP contribution in [-0.4, -0.2) is 47.3 Å². The van der Waals surface area contributed by atoms with Crippen LogP contribution in [0, 0.1) is 6.92 Å². The molecule has 1 aromatic carbocycles. The van der Waals surface area contributed by atoms with E-state index in [0.29, 0.717) is 12.4 Å². The largest absolute Gasteiger partial charge is 0.379 e. The lowest BCUT2D eigenvalue weighted by Gasteiger charge is -2.26. The van der Waals surface area contributed by atoms with Gasteiger partial charge in [-0.05, 0) is 43.0 Å². The normalized spacial score (nSPS) is 14.5. The molecule has 8 heteroatoms. The molecule has 3 rings (SSSR count). The third-order valence-electron chi connectivity index (χ3n) is 5.00. The summed E-state index contributed by atoms with van der Waals surface area (Å²) in [6.07, 6.45) is 1.76. The Kier molecular flexibility index (Phi) is 8.29. The predicted octanol–water partition coefficient (Wildman–Crippen LogP) is 2.30. The molecule has 1 aromatic heterocycles. The van der Waals surface area contributed by atoms with Gasteiger partial charge in [-0.25, -0.2) is 4.79 Å². The molecule has 0 spiro atoms. The molecule has 2 heterocycles. The summed E-state index contributed by atoms with van der Waals surface area (Å²) in [4.78, 5) is 28.9. The highest BCUT2D eigenvalue weighted by Gasteiger charge is 2.11. The second kappa shape index (κ2) is 10.5. The Morgan fingerprint density at radius 1 is 1.14 bits per heavy atom. The van der Waals surface area contributed by atoms with E-state index in [4.69, 9.17) is 4.74 Å². The van der Waals surface area contributed by atoms with E-state index in [9.17, 15) is 9.59 Å². The minimum atomic E-state index is -0.394. The second-order valence-electron chi connectivity index (χ2n) is 6.90. The average Bonchev–Trinajstić information content (AvgIpc) is 2.66. The van der Waals surface area contributed by atoms with Gasteiger partial charge < -0.3 is 10.1 Å². The van der Waals surface area contributed by atoms with Crippen molar-refractivity contribution in [3.05, 3.63) is 56.2 Å². The van der Waals surface area contributed by atoms with Crippen molar-refractivity contribution in [3.63, 3.8) is 0 Å². The zero-order valence-corrected chi connectivity index (χ0v) is 17.3. The zero-order chi connectivity index (χ0) is 19.2. The van der Waals surface area contributed by atoms with Gasteiger partial charge >= 0.3 is 5.69 Å². The van der Waals surface area contributed by atoms with Crippen molar-refractivity contribution >= 4 is 23.9 Å². The molecule has 1 aliphatic heterocycles. The van der Waals surface area contributed by atoms with E-state index in [1.54, 1.807) is 4.57 Å². The molecule has 0 radical (unpaired) electrons. The number of H-pyrrole nitrogens is 1. The summed E-state index contributed by atoms with van der Waals surface area (Å²) in [6, 6.07) is 7.54. The van der Waals surface area contributed by atoms with Crippen LogP contribution in [0.1, 0.15) is 24.5 Å². The zero-order valence-electron chi connectivity index (χ0n) is 16.5. The Labute approximate surface area is 171 Å². The summed E-state index contributed by atoms with van der Waals surface area (Å²) in [5, 5.41) is 3.25. The van der Waals surface area contributed by atoms with E-state index in [1.807, 2.05) is 6.07 Å². The summed E-state index contributed by atoms with van der Waals surface area (Å²) in [6.45, 7) is 9.01. The summed E-state index contributed by atoms with van der Waals surface area (Å²) in [5.41, 5.74) is 2.58. The highest BCUT2D eigenvalue weighted by molar-refractivity contribution is 5.85. The lowest BCUT2D eigenvalue weighted by atomic mass is 10.1. The molecule has 2 N–H and O–H groups in total. The fourth-order valence-electron chi connectivity index (χ4n) is 3.40. The number of benzene rings is 1. The van der Waals surface area contributed by atoms with E-state index < -0.39 is 5.56 Å². The molecule has 0 saturated carbocycles. The van der Waals surface area contributed by atoms with Gasteiger partial charge in [0.15, 0.2) is 0 Å². The van der Waals surface area contributed by atoms with Gasteiger partial charge in [0.25, 0.3) is 5.56 Å². The van der Waals surface area contributed by atoms with Gasteiger partial charge in [0, 0.05) is 37.9 Å². The average molecular weight is 409 g/mol. The van der Waals surface area contributed by atoms with Crippen molar-refractivity contribution in [2.45, 2.75) is 33.2 Å². The number of ether oxygens (including phenoxy) is 1. The van der Waals surface area contributed by atoms with Crippen LogP contribution in [0.15, 0.2) is 33.9 Å². The molecular weight excluding hydrogens is 380 g/mol. The molecule has 1 aliphatic rings. The molecule has 1 saturated heterocycles. The van der Waals surface area contributed by atoms with Crippen LogP contribution in [0.5, 0.6) is 0 Å². The van der Waals surface area contributed by atoms with Crippen LogP contribution in [-0.2, 0) is 17.7 Å². The third kappa shape index (κ3) is 5.70. The van der Waals surface area contributed by atoms with Crippen LogP contribution < -0.4 is 16.6 Å². The van der Waals surface area contributed by atoms with Crippen LogP contribution in [0.2, 0.25) is 0 Å². The number of anilines is 2. The minimum absolute atomic E-state index is 0. The third-order valence-corrected chi connectivity index (χ3v) is 5.00. The van der Waals surface area contributed by atoms with Gasteiger partial charge in [0.05, 0.1) is 13.2 Å². The van der Waals surface area contributed by atoms with Gasteiger partial charge in [-0.2, -0.15) is 0 Å². The lowest BCUT2D eigenvalue weighted by molar-refractivity contribution is 0.0369. The molecular formula is C20H29ClN4O3. The quantitative estimate of drug-likeness (QED) is 0.734. The van der Waals surface area contributed by atoms with Gasteiger partial charge in [-0.1, -0.05) is 13.0 Å². The highest BCUT2D eigenvalue weighted by atomic mass is 35.5. The first-order valence-corrected chi connectivity index (χ1v) is 9.57. The highest BCUT2D eigenvalue weighted by Crippen LogP contribution is 2.19. The first-order chi connectivity index (χ1) is 13.1. The van der Waals surface area contributed by atoms with Crippen LogP contribution in [0.25, 0.3) is 0 Å². The number of aryl methyl sites for hydroxylation is 2. The molecule has 0 bridgehead atoms. The van der Waals surface area contributed by atoms with Crippen molar-refractivity contribution in [3.8, 4) is 0 Å². The summed E-state index contributed by atoms with van der Waals surface area (Å²) in [7, 11) is 0. The summed E-state index contributed by atoms with van der Waals surface area (Å²) >= 11 is 0. The van der Waals surface area contributed by atoms with E-state index in [0.717, 1.165) is 51.4 Å². The number of nitrogens with zero attached hydrogens (tertiary/aromatic N) is 2. The number of hydrogen-bond acceptors (Lipinski definition) is 5. The first kappa shape index (κ1) is 22.2. The minimum Gasteiger partial charge on any atom is -0.379 e. The van der Waals surface area contributed by atoms with Crippen molar-refractivity contribution in [1.82, 2.24) is 14.5 Å². The Balaban J connectivity index is 0.00000280. The van der Waals surface area contributed by atoms with Crippen LogP contribution >= 0.6 is 12.4 Å². The van der Waals surface area contributed by atoms with Gasteiger partial charge in [-0.15, -0.1) is 12.4 Å². The van der Waals surface area contributed by atoms with E-state index >= 15 is 0 Å². The molecule has 1 fully saturated rings. The Hall–Kier alpha value is -2.09. The monoisotopic (exact) mass is 408 g/mol. The molecule has 28 heavy (non-hydrogen) atoms. The van der Waals surface area contributed by atoms with Crippen LogP contribution in [0.3, 0.4) is 0 Å². The summed E-state index contributed by atoms with van der Waals surface area (Å²) in [5.74, 6) is 0.525. The fourth-order valence-corrected chi connectivity index (χ4v) is 3.40. The van der Waals surface area contributed by atoms with E-state index in [-0.39, 0.29) is 18.1 Å². The van der Waals surface area contributed by atoms with Gasteiger partial charge in [-0.3, -0.25) is 19.2 Å². The Bertz CT molecular complexity index is 888. The molecule has 0 amide bonds. The maximum Gasteiger partial charge on any atom is 0.329 e. The maximum atomic E-state index is 12.3. The molecule has 0 atom stereocenters. The number of hydrogen-bond donors (Lipinski definition) is 2. The first-order valence-electron chi connectivity index (χ1n) is 9.57. The van der Waals surface area contributed by atoms with E-state index in [1.165, 1.54) is 17.2 Å². The SMILES string of the molecule is CCc1cc(Nc2cc(=O)[nH]c(=O)n2CCCN2CCOCC2)ccc1C.Cl. The molecule has 7 nitrogen and oxygen atoms in total. The standard InChI is InChI=1S/C20H28N4O3.ClH/c1-3-16-13-17(6-5-15(16)2)21-18-14-19(25)22-20(26)24(18)8-4-7-23-9-11-27-12-10-23;/h5-6,13-14,21H,3-4,7-12H2,1-2H3,(H,22,25,26);1H. The molecule has 2 aromatic rings. The lowest BCUT2D eigenvalue weighted by Crippen LogP contribution is -2.38. The molecule has 0 aliphatic carbocycles. The number of aromatic amines is 1. The van der Waals surface area contributed by atoms with Crippen LogP contribution in [0.4, 0.5) is 11.5 Å². The maximum absolute atomic E-state index is 12.3. The topological polar surface area (TPSA) is 79.4 Å². The molecule has 154 valence electrons. The van der Waals surface area contributed by atoms with Crippen molar-refractivity contribution < 1.29 is 4.74 Å². The number of aromatic nitrogens is 2. The van der Waals surface area contributed by atoms with Crippen molar-refractivity contribution in [2.24, 2.45) is 0 Å². The fraction of sp³-hybridized carbons (Fsp3) is 0.500. The summed E-state index contributed by atoms with van der Waals surface area (Å²) < 4.78 is 6.97. The van der Waals surface area contributed by atoms with Crippen molar-refractivity contribution in [2.75, 3.05) is 38.2 Å². The van der Waals surface area contributed by atoms with Gasteiger partial charge in [0.2, 0.25) is 0 Å². The smallest absolute Gasteiger partial charge is 0.329 e. The number of morpholine rings is 1. The van der Waals surface area contributed by atoms with Crippen molar-refractivity contribution in [1.29, 1.82) is 0 Å². The predicted molar refractivity (Wildman–Crippen MR) is 114 cm³/mol. The Morgan fingerprint density at radius 3 is 2.61 bits per heavy atom. The van der Waals surface area contributed by atoms with Gasteiger partial charge in [0.1, 0.15) is 5.82 Å². The molecule has 0 unspecified atom stereocenters. The number of rotatable bonds is 7.